The average Bonchev–Trinajstić information content (AvgIpc) is 2.81. The second kappa shape index (κ2) is 5.12. The van der Waals surface area contributed by atoms with Crippen molar-refractivity contribution >= 4 is 6.29 Å². The van der Waals surface area contributed by atoms with Gasteiger partial charge in [-0.2, -0.15) is 5.10 Å². The Morgan fingerprint density at radius 2 is 2.00 bits per heavy atom. The number of benzene rings is 1. The van der Waals surface area contributed by atoms with E-state index < -0.39 is 5.82 Å². The first kappa shape index (κ1) is 12.5. The Balaban J connectivity index is 2.56. The smallest absolute Gasteiger partial charge is 0.150 e. The number of hydrogen-bond donors (Lipinski definition) is 0. The zero-order valence-corrected chi connectivity index (χ0v) is 10.5. The topological polar surface area (TPSA) is 34.9 Å². The second-order valence-corrected chi connectivity index (χ2v) is 4.11. The summed E-state index contributed by atoms with van der Waals surface area (Å²) < 4.78 is 15.1. The van der Waals surface area contributed by atoms with Crippen LogP contribution in [0.5, 0.6) is 0 Å². The molecule has 4 heteroatoms. The zero-order valence-electron chi connectivity index (χ0n) is 10.5. The summed E-state index contributed by atoms with van der Waals surface area (Å²) >= 11 is 0. The molecule has 0 fully saturated rings. The van der Waals surface area contributed by atoms with Crippen LogP contribution in [0, 0.1) is 5.82 Å². The lowest BCUT2D eigenvalue weighted by molar-refractivity contribution is 0.112. The first-order valence-electron chi connectivity index (χ1n) is 6.01. The van der Waals surface area contributed by atoms with Gasteiger partial charge in [-0.15, -0.1) is 0 Å². The van der Waals surface area contributed by atoms with E-state index in [0.29, 0.717) is 17.5 Å². The predicted octanol–water partition coefficient (Wildman–Crippen LogP) is 2.95. The molecule has 0 aliphatic rings. The summed E-state index contributed by atoms with van der Waals surface area (Å²) in [6.45, 7) is 4.04. The van der Waals surface area contributed by atoms with E-state index >= 15 is 0 Å². The van der Waals surface area contributed by atoms with Crippen LogP contribution >= 0.6 is 0 Å². The van der Waals surface area contributed by atoms with Gasteiger partial charge in [0.2, 0.25) is 0 Å². The highest BCUT2D eigenvalue weighted by atomic mass is 19.1. The number of aromatic nitrogens is 2. The largest absolute Gasteiger partial charge is 0.298 e. The molecular weight excluding hydrogens is 231 g/mol. The Labute approximate surface area is 105 Å². The van der Waals surface area contributed by atoms with Crippen molar-refractivity contribution < 1.29 is 9.18 Å². The van der Waals surface area contributed by atoms with Crippen LogP contribution in [0.25, 0.3) is 5.69 Å². The molecule has 18 heavy (non-hydrogen) atoms. The minimum absolute atomic E-state index is 0.320. The van der Waals surface area contributed by atoms with E-state index in [4.69, 9.17) is 0 Å². The van der Waals surface area contributed by atoms with E-state index in [1.165, 1.54) is 12.1 Å². The number of nitrogens with zero attached hydrogens (tertiary/aromatic N) is 2. The van der Waals surface area contributed by atoms with E-state index in [1.807, 2.05) is 19.9 Å². The van der Waals surface area contributed by atoms with Gasteiger partial charge >= 0.3 is 0 Å². The van der Waals surface area contributed by atoms with Crippen molar-refractivity contribution in [1.29, 1.82) is 0 Å². The summed E-state index contributed by atoms with van der Waals surface area (Å²) in [5.41, 5.74) is 2.88. The fourth-order valence-electron chi connectivity index (χ4n) is 1.91. The van der Waals surface area contributed by atoms with E-state index in [0.717, 1.165) is 24.2 Å². The molecule has 0 radical (unpaired) electrons. The van der Waals surface area contributed by atoms with Crippen molar-refractivity contribution in [1.82, 2.24) is 9.78 Å². The monoisotopic (exact) mass is 246 g/mol. The summed E-state index contributed by atoms with van der Waals surface area (Å²) in [5, 5.41) is 4.42. The maximum atomic E-state index is 13.4. The van der Waals surface area contributed by atoms with Crippen LogP contribution in [0.2, 0.25) is 0 Å². The van der Waals surface area contributed by atoms with Gasteiger partial charge < -0.3 is 0 Å². The highest BCUT2D eigenvalue weighted by molar-refractivity contribution is 5.76. The van der Waals surface area contributed by atoms with Crippen molar-refractivity contribution in [3.05, 3.63) is 47.0 Å². The van der Waals surface area contributed by atoms with Crippen LogP contribution in [0.4, 0.5) is 4.39 Å². The van der Waals surface area contributed by atoms with Crippen LogP contribution in [-0.2, 0) is 12.8 Å². The minimum atomic E-state index is -0.426. The molecule has 1 heterocycles. The maximum absolute atomic E-state index is 13.4. The van der Waals surface area contributed by atoms with E-state index in [-0.39, 0.29) is 0 Å². The van der Waals surface area contributed by atoms with Gasteiger partial charge in [0.05, 0.1) is 11.4 Å². The van der Waals surface area contributed by atoms with E-state index in [1.54, 1.807) is 10.7 Å². The summed E-state index contributed by atoms with van der Waals surface area (Å²) in [5.74, 6) is -0.426. The van der Waals surface area contributed by atoms with Gasteiger partial charge in [-0.3, -0.25) is 4.79 Å². The van der Waals surface area contributed by atoms with Crippen molar-refractivity contribution in [3.63, 3.8) is 0 Å². The zero-order chi connectivity index (χ0) is 13.1. The molecule has 0 aliphatic carbocycles. The van der Waals surface area contributed by atoms with Gasteiger partial charge in [0.25, 0.3) is 0 Å². The number of hydrogen-bond acceptors (Lipinski definition) is 2. The molecule has 0 saturated heterocycles. The Kier molecular flexibility index (Phi) is 3.55. The Hall–Kier alpha value is -1.97. The molecule has 0 unspecified atom stereocenters. The highest BCUT2D eigenvalue weighted by Crippen LogP contribution is 2.16. The fraction of sp³-hybridized carbons (Fsp3) is 0.286. The lowest BCUT2D eigenvalue weighted by Crippen LogP contribution is -2.03. The lowest BCUT2D eigenvalue weighted by Gasteiger charge is -2.06. The Morgan fingerprint density at radius 3 is 2.61 bits per heavy atom. The van der Waals surface area contributed by atoms with Crippen LogP contribution in [0.3, 0.4) is 0 Å². The highest BCUT2D eigenvalue weighted by Gasteiger charge is 2.09. The van der Waals surface area contributed by atoms with Crippen LogP contribution in [-0.4, -0.2) is 16.1 Å². The van der Waals surface area contributed by atoms with Gasteiger partial charge in [0.15, 0.2) is 0 Å². The molecule has 1 aromatic carbocycles. The molecule has 0 amide bonds. The van der Waals surface area contributed by atoms with Gasteiger partial charge in [-0.25, -0.2) is 9.07 Å². The van der Waals surface area contributed by atoms with Gasteiger partial charge in [0.1, 0.15) is 12.1 Å². The fourth-order valence-corrected chi connectivity index (χ4v) is 1.91. The normalized spacial score (nSPS) is 10.6. The predicted molar refractivity (Wildman–Crippen MR) is 67.7 cm³/mol. The van der Waals surface area contributed by atoms with Crippen LogP contribution in [0.1, 0.15) is 35.6 Å². The molecule has 94 valence electrons. The van der Waals surface area contributed by atoms with Crippen molar-refractivity contribution in [3.8, 4) is 5.69 Å². The van der Waals surface area contributed by atoms with Gasteiger partial charge in [-0.1, -0.05) is 13.8 Å². The van der Waals surface area contributed by atoms with Crippen molar-refractivity contribution in [2.24, 2.45) is 0 Å². The van der Waals surface area contributed by atoms with Crippen LogP contribution in [0.15, 0.2) is 24.3 Å². The van der Waals surface area contributed by atoms with Crippen LogP contribution < -0.4 is 0 Å². The minimum Gasteiger partial charge on any atom is -0.298 e. The molecule has 2 rings (SSSR count). The Morgan fingerprint density at radius 1 is 1.22 bits per heavy atom. The van der Waals surface area contributed by atoms with E-state index in [9.17, 15) is 9.18 Å². The van der Waals surface area contributed by atoms with Gasteiger partial charge in [-0.05, 0) is 37.1 Å². The third-order valence-corrected chi connectivity index (χ3v) is 2.84. The van der Waals surface area contributed by atoms with Crippen molar-refractivity contribution in [2.45, 2.75) is 26.7 Å². The molecular formula is C14H15FN2O. The first-order chi connectivity index (χ1) is 8.67. The molecule has 2 aromatic rings. The molecule has 0 atom stereocenters. The number of carbonyl (C=O) groups excluding carboxylic acids is 1. The second-order valence-electron chi connectivity index (χ2n) is 4.11. The maximum Gasteiger partial charge on any atom is 0.150 e. The molecule has 0 aliphatic heterocycles. The molecule has 0 saturated carbocycles. The number of halogens is 1. The Bertz CT molecular complexity index is 575. The number of rotatable bonds is 4. The first-order valence-corrected chi connectivity index (χ1v) is 6.01. The molecule has 1 aromatic heterocycles. The third kappa shape index (κ3) is 2.32. The third-order valence-electron chi connectivity index (χ3n) is 2.84. The summed E-state index contributed by atoms with van der Waals surface area (Å²) in [6.07, 6.45) is 2.28. The lowest BCUT2D eigenvalue weighted by atomic mass is 10.2. The summed E-state index contributed by atoms with van der Waals surface area (Å²) in [6, 6.07) is 6.25. The van der Waals surface area contributed by atoms with Gasteiger partial charge in [0, 0.05) is 11.3 Å². The SMILES string of the molecule is CCc1cc(CC)n(-c2cc(F)cc(C=O)c2)n1. The molecule has 3 nitrogen and oxygen atoms in total. The summed E-state index contributed by atoms with van der Waals surface area (Å²) in [7, 11) is 0. The molecule has 0 spiro atoms. The molecule has 0 bridgehead atoms. The summed E-state index contributed by atoms with van der Waals surface area (Å²) in [4.78, 5) is 10.8. The number of carbonyl (C=O) groups is 1. The quantitative estimate of drug-likeness (QED) is 0.777. The van der Waals surface area contributed by atoms with E-state index in [2.05, 4.69) is 5.10 Å². The standard InChI is InChI=1S/C14H15FN2O/c1-3-12-8-13(4-2)17(16-12)14-6-10(9-18)5-11(15)7-14/h5-9H,3-4H2,1-2H3. The number of aryl methyl sites for hydroxylation is 2. The van der Waals surface area contributed by atoms with Crippen molar-refractivity contribution in [2.75, 3.05) is 0 Å². The molecule has 0 N–H and O–H groups in total. The average molecular weight is 246 g/mol. The number of aldehydes is 1.